The van der Waals surface area contributed by atoms with Crippen LogP contribution in [0.25, 0.3) is 0 Å². The van der Waals surface area contributed by atoms with E-state index >= 15 is 0 Å². The van der Waals surface area contributed by atoms with E-state index in [1.165, 1.54) is 12.8 Å². The van der Waals surface area contributed by atoms with E-state index in [4.69, 9.17) is 16.7 Å². The van der Waals surface area contributed by atoms with Gasteiger partial charge in [-0.2, -0.15) is 0 Å². The topological polar surface area (TPSA) is 40.5 Å². The van der Waals surface area contributed by atoms with Crippen LogP contribution in [0.4, 0.5) is 0 Å². The molecule has 2 aliphatic rings. The summed E-state index contributed by atoms with van der Waals surface area (Å²) in [4.78, 5) is 12.2. The predicted molar refractivity (Wildman–Crippen MR) is 54.6 cm³/mol. The Morgan fingerprint density at radius 3 is 2.43 bits per heavy atom. The summed E-state index contributed by atoms with van der Waals surface area (Å²) in [7, 11) is 0. The van der Waals surface area contributed by atoms with Crippen LogP contribution in [0.3, 0.4) is 0 Å². The lowest BCUT2D eigenvalue weighted by molar-refractivity contribution is -0.141. The van der Waals surface area contributed by atoms with Gasteiger partial charge >= 0.3 is 5.97 Å². The summed E-state index contributed by atoms with van der Waals surface area (Å²) in [5, 5.41) is 8.93. The van der Waals surface area contributed by atoms with Crippen LogP contribution in [-0.2, 0) is 4.79 Å². The number of carboxylic acids is 1. The minimum absolute atomic E-state index is 0.580. The highest BCUT2D eigenvalue weighted by Gasteiger charge is 2.40. The average Bonchev–Trinajstić information content (AvgIpc) is 2.93. The Hall–Kier alpha value is -0.280. The Balaban J connectivity index is 1.81. The zero-order valence-corrected chi connectivity index (χ0v) is 8.96. The second kappa shape index (κ2) is 3.70. The Morgan fingerprint density at radius 2 is 2.00 bits per heavy atom. The maximum Gasteiger partial charge on any atom is 0.324 e. The molecule has 0 bridgehead atoms. The van der Waals surface area contributed by atoms with E-state index in [9.17, 15) is 4.79 Å². The molecule has 0 aromatic carbocycles. The number of aliphatic carboxylic acids is 1. The fraction of sp³-hybridized carbons (Fsp3) is 0.900. The fourth-order valence-electron chi connectivity index (χ4n) is 1.97. The number of likely N-dealkylation sites (tertiary alicyclic amines) is 1. The minimum atomic E-state index is -0.986. The molecule has 1 heterocycles. The van der Waals surface area contributed by atoms with E-state index in [0.29, 0.717) is 12.8 Å². The standard InChI is InChI=1S/C10H16ClNO2/c11-10(9(13)14)3-5-12(6-4-10)7-8-1-2-8/h8H,1-7H2,(H,13,14). The number of alkyl halides is 1. The number of nitrogens with zero attached hydrogens (tertiary/aromatic N) is 1. The number of hydrogen-bond donors (Lipinski definition) is 1. The van der Waals surface area contributed by atoms with Crippen LogP contribution >= 0.6 is 11.6 Å². The van der Waals surface area contributed by atoms with Gasteiger partial charge < -0.3 is 10.0 Å². The molecule has 0 atom stereocenters. The number of halogens is 1. The van der Waals surface area contributed by atoms with Crippen LogP contribution in [0.15, 0.2) is 0 Å². The molecule has 4 heteroatoms. The van der Waals surface area contributed by atoms with Gasteiger partial charge in [-0.3, -0.25) is 4.79 Å². The molecule has 1 N–H and O–H groups in total. The van der Waals surface area contributed by atoms with Crippen molar-refractivity contribution in [2.45, 2.75) is 30.6 Å². The molecule has 1 saturated carbocycles. The third-order valence-corrected chi connectivity index (χ3v) is 3.78. The van der Waals surface area contributed by atoms with Gasteiger partial charge in [-0.15, -0.1) is 11.6 Å². The third-order valence-electron chi connectivity index (χ3n) is 3.25. The second-order valence-corrected chi connectivity index (χ2v) is 5.24. The highest BCUT2D eigenvalue weighted by atomic mass is 35.5. The van der Waals surface area contributed by atoms with Gasteiger partial charge in [0.25, 0.3) is 0 Å². The Bertz CT molecular complexity index is 232. The molecule has 0 aromatic heterocycles. The van der Waals surface area contributed by atoms with Crippen molar-refractivity contribution in [2.24, 2.45) is 5.92 Å². The molecule has 1 aliphatic carbocycles. The highest BCUT2D eigenvalue weighted by Crippen LogP contribution is 2.34. The van der Waals surface area contributed by atoms with E-state index in [0.717, 1.165) is 25.6 Å². The van der Waals surface area contributed by atoms with Crippen molar-refractivity contribution in [1.82, 2.24) is 4.90 Å². The van der Waals surface area contributed by atoms with Crippen LogP contribution in [0.5, 0.6) is 0 Å². The first-order valence-corrected chi connectivity index (χ1v) is 5.63. The molecular weight excluding hydrogens is 202 g/mol. The van der Waals surface area contributed by atoms with E-state index in [1.54, 1.807) is 0 Å². The smallest absolute Gasteiger partial charge is 0.324 e. The van der Waals surface area contributed by atoms with Crippen molar-refractivity contribution in [2.75, 3.05) is 19.6 Å². The molecule has 2 rings (SSSR count). The van der Waals surface area contributed by atoms with Gasteiger partial charge in [-0.05, 0) is 31.6 Å². The quantitative estimate of drug-likeness (QED) is 0.730. The van der Waals surface area contributed by atoms with Crippen molar-refractivity contribution in [1.29, 1.82) is 0 Å². The molecule has 0 unspecified atom stereocenters. The number of rotatable bonds is 3. The summed E-state index contributed by atoms with van der Waals surface area (Å²) in [5.41, 5.74) is 0. The number of carbonyl (C=O) groups is 1. The third kappa shape index (κ3) is 2.20. The zero-order valence-electron chi connectivity index (χ0n) is 8.21. The first-order valence-electron chi connectivity index (χ1n) is 5.25. The summed E-state index contributed by atoms with van der Waals surface area (Å²) in [6.07, 6.45) is 3.86. The van der Waals surface area contributed by atoms with Crippen LogP contribution in [0, 0.1) is 5.92 Å². The van der Waals surface area contributed by atoms with Gasteiger partial charge in [0, 0.05) is 19.6 Å². The summed E-state index contributed by atoms with van der Waals surface area (Å²) in [6, 6.07) is 0. The number of piperidine rings is 1. The Labute approximate surface area is 89.0 Å². The summed E-state index contributed by atoms with van der Waals surface area (Å²) in [6.45, 7) is 2.82. The molecule has 3 nitrogen and oxygen atoms in total. The monoisotopic (exact) mass is 217 g/mol. The maximum atomic E-state index is 10.9. The molecule has 1 saturated heterocycles. The van der Waals surface area contributed by atoms with Gasteiger partial charge in [-0.1, -0.05) is 0 Å². The van der Waals surface area contributed by atoms with Crippen molar-refractivity contribution < 1.29 is 9.90 Å². The molecule has 0 radical (unpaired) electrons. The predicted octanol–water partition coefficient (Wildman–Crippen LogP) is 1.55. The average molecular weight is 218 g/mol. The molecule has 0 spiro atoms. The van der Waals surface area contributed by atoms with Crippen LogP contribution in [-0.4, -0.2) is 40.5 Å². The molecule has 2 fully saturated rings. The maximum absolute atomic E-state index is 10.9. The van der Waals surface area contributed by atoms with Crippen LogP contribution in [0.1, 0.15) is 25.7 Å². The van der Waals surface area contributed by atoms with Gasteiger partial charge in [0.2, 0.25) is 0 Å². The number of carboxylic acid groups (broad SMARTS) is 1. The zero-order chi connectivity index (χ0) is 10.2. The first-order chi connectivity index (χ1) is 6.60. The SMILES string of the molecule is O=C(O)C1(Cl)CCN(CC2CC2)CC1. The van der Waals surface area contributed by atoms with E-state index < -0.39 is 10.8 Å². The van der Waals surface area contributed by atoms with Gasteiger partial charge in [0.15, 0.2) is 0 Å². The largest absolute Gasteiger partial charge is 0.480 e. The molecule has 14 heavy (non-hydrogen) atoms. The summed E-state index contributed by atoms with van der Waals surface area (Å²) in [5.74, 6) is 0.0212. The first kappa shape index (κ1) is 10.2. The lowest BCUT2D eigenvalue weighted by atomic mass is 9.96. The molecule has 0 aromatic rings. The van der Waals surface area contributed by atoms with Gasteiger partial charge in [-0.25, -0.2) is 0 Å². The molecule has 0 amide bonds. The van der Waals surface area contributed by atoms with Crippen LogP contribution in [0.2, 0.25) is 0 Å². The molecule has 80 valence electrons. The Kier molecular flexibility index (Phi) is 2.71. The van der Waals surface area contributed by atoms with E-state index in [1.807, 2.05) is 0 Å². The van der Waals surface area contributed by atoms with Gasteiger partial charge in [0.1, 0.15) is 4.87 Å². The summed E-state index contributed by atoms with van der Waals surface area (Å²) >= 11 is 6.00. The van der Waals surface area contributed by atoms with E-state index in [2.05, 4.69) is 4.90 Å². The van der Waals surface area contributed by atoms with Crippen molar-refractivity contribution in [3.8, 4) is 0 Å². The summed E-state index contributed by atoms with van der Waals surface area (Å²) < 4.78 is 0. The molecular formula is C10H16ClNO2. The van der Waals surface area contributed by atoms with E-state index in [-0.39, 0.29) is 0 Å². The lowest BCUT2D eigenvalue weighted by Gasteiger charge is -2.34. The van der Waals surface area contributed by atoms with Gasteiger partial charge in [0.05, 0.1) is 0 Å². The second-order valence-electron chi connectivity index (χ2n) is 4.51. The van der Waals surface area contributed by atoms with Crippen molar-refractivity contribution in [3.05, 3.63) is 0 Å². The highest BCUT2D eigenvalue weighted by molar-refractivity contribution is 6.33. The normalized spacial score (nSPS) is 27.5. The Morgan fingerprint density at radius 1 is 1.43 bits per heavy atom. The molecule has 1 aliphatic heterocycles. The van der Waals surface area contributed by atoms with Crippen LogP contribution < -0.4 is 0 Å². The van der Waals surface area contributed by atoms with Crippen molar-refractivity contribution >= 4 is 17.6 Å². The minimum Gasteiger partial charge on any atom is -0.480 e. The number of hydrogen-bond acceptors (Lipinski definition) is 2. The van der Waals surface area contributed by atoms with Crippen molar-refractivity contribution in [3.63, 3.8) is 0 Å². The fourth-order valence-corrected chi connectivity index (χ4v) is 2.14. The lowest BCUT2D eigenvalue weighted by Crippen LogP contribution is -2.46.